The Hall–Kier alpha value is -1.56. The Balaban J connectivity index is 2.28. The van der Waals surface area contributed by atoms with E-state index in [1.807, 2.05) is 13.8 Å². The van der Waals surface area contributed by atoms with Crippen molar-refractivity contribution in [3.63, 3.8) is 0 Å². The fourth-order valence-electron chi connectivity index (χ4n) is 2.71. The summed E-state index contributed by atoms with van der Waals surface area (Å²) < 4.78 is 25.2. The van der Waals surface area contributed by atoms with E-state index in [0.717, 1.165) is 5.56 Å². The van der Waals surface area contributed by atoms with E-state index in [9.17, 15) is 13.2 Å². The normalized spacial score (nSPS) is 19.2. The van der Waals surface area contributed by atoms with E-state index < -0.39 is 10.0 Å². The zero-order valence-electron chi connectivity index (χ0n) is 13.8. The number of benzene rings is 1. The van der Waals surface area contributed by atoms with Crippen LogP contribution in [0.3, 0.4) is 0 Å². The fraction of sp³-hybridized carbons (Fsp3) is 0.562. The van der Waals surface area contributed by atoms with Gasteiger partial charge in [0.25, 0.3) is 5.91 Å². The van der Waals surface area contributed by atoms with Gasteiger partial charge in [0.2, 0.25) is 10.0 Å². The number of carbonyl (C=O) groups excluding carboxylic acids is 1. The van der Waals surface area contributed by atoms with Gasteiger partial charge in [-0.15, -0.1) is 0 Å². The van der Waals surface area contributed by atoms with Gasteiger partial charge in [-0.05, 0) is 49.9 Å². The monoisotopic (exact) mass is 324 g/mol. The van der Waals surface area contributed by atoms with Gasteiger partial charge >= 0.3 is 0 Å². The number of nitrogens with zero attached hydrogens (tertiary/aromatic N) is 1. The Bertz CT molecular complexity index is 683. The summed E-state index contributed by atoms with van der Waals surface area (Å²) in [4.78, 5) is 12.3. The van der Waals surface area contributed by atoms with E-state index in [2.05, 4.69) is 19.2 Å². The predicted octanol–water partition coefficient (Wildman–Crippen LogP) is 2.17. The lowest BCUT2D eigenvalue weighted by atomic mass is 10.0. The van der Waals surface area contributed by atoms with Crippen LogP contribution < -0.4 is 9.62 Å². The molecule has 122 valence electrons. The van der Waals surface area contributed by atoms with Crippen LogP contribution in [0.4, 0.5) is 5.69 Å². The van der Waals surface area contributed by atoms with Crippen LogP contribution in [-0.4, -0.2) is 32.7 Å². The third kappa shape index (κ3) is 3.27. The summed E-state index contributed by atoms with van der Waals surface area (Å²) >= 11 is 0. The average Bonchev–Trinajstić information content (AvgIpc) is 2.72. The Kier molecular flexibility index (Phi) is 4.52. The summed E-state index contributed by atoms with van der Waals surface area (Å²) in [6.45, 7) is 7.96. The minimum Gasteiger partial charge on any atom is -0.349 e. The number of hydrogen-bond acceptors (Lipinski definition) is 3. The van der Waals surface area contributed by atoms with Gasteiger partial charge in [0, 0.05) is 17.6 Å². The van der Waals surface area contributed by atoms with E-state index in [-0.39, 0.29) is 18.0 Å². The van der Waals surface area contributed by atoms with Gasteiger partial charge in [-0.25, -0.2) is 8.42 Å². The summed E-state index contributed by atoms with van der Waals surface area (Å²) in [5.41, 5.74) is 2.17. The van der Waals surface area contributed by atoms with Gasteiger partial charge in [-0.1, -0.05) is 13.8 Å². The zero-order valence-corrected chi connectivity index (χ0v) is 14.6. The molecule has 1 N–H and O–H groups in total. The molecule has 2 rings (SSSR count). The molecule has 0 aromatic heterocycles. The molecular formula is C16H24N2O3S. The van der Waals surface area contributed by atoms with Gasteiger partial charge in [-0.2, -0.15) is 0 Å². The van der Waals surface area contributed by atoms with E-state index >= 15 is 0 Å². The molecular weight excluding hydrogens is 300 g/mol. The average molecular weight is 324 g/mol. The van der Waals surface area contributed by atoms with Crippen LogP contribution in [-0.2, 0) is 16.4 Å². The van der Waals surface area contributed by atoms with Crippen LogP contribution in [0, 0.1) is 5.92 Å². The number of fused-ring (bicyclic) bond motifs is 1. The highest BCUT2D eigenvalue weighted by molar-refractivity contribution is 7.92. The second kappa shape index (κ2) is 5.91. The lowest BCUT2D eigenvalue weighted by Gasteiger charge is -2.22. The predicted molar refractivity (Wildman–Crippen MR) is 88.7 cm³/mol. The molecule has 0 saturated carbocycles. The molecule has 1 aliphatic heterocycles. The molecule has 0 aliphatic carbocycles. The molecule has 0 fully saturated rings. The Morgan fingerprint density at radius 1 is 1.32 bits per heavy atom. The summed E-state index contributed by atoms with van der Waals surface area (Å²) in [5.74, 6) is 0.244. The van der Waals surface area contributed by atoms with E-state index in [4.69, 9.17) is 0 Å². The topological polar surface area (TPSA) is 66.5 Å². The highest BCUT2D eigenvalue weighted by atomic mass is 32.2. The maximum atomic E-state index is 12.3. The first-order valence-corrected chi connectivity index (χ1v) is 9.39. The molecule has 5 nitrogen and oxygen atoms in total. The number of carbonyl (C=O) groups is 1. The van der Waals surface area contributed by atoms with Gasteiger partial charge in [0.05, 0.1) is 11.9 Å². The number of hydrogen-bond donors (Lipinski definition) is 1. The number of nitrogens with one attached hydrogen (secondary N) is 1. The Labute approximate surface area is 132 Å². The summed E-state index contributed by atoms with van der Waals surface area (Å²) in [6.07, 6.45) is 1.84. The molecule has 2 atom stereocenters. The highest BCUT2D eigenvalue weighted by Crippen LogP contribution is 2.34. The maximum Gasteiger partial charge on any atom is 0.251 e. The first kappa shape index (κ1) is 16.8. The van der Waals surface area contributed by atoms with Crippen molar-refractivity contribution in [3.8, 4) is 0 Å². The molecule has 0 spiro atoms. The second-order valence-corrected chi connectivity index (χ2v) is 8.32. The number of sulfonamides is 1. The van der Waals surface area contributed by atoms with E-state index in [0.29, 0.717) is 23.6 Å². The van der Waals surface area contributed by atoms with Crippen molar-refractivity contribution in [2.24, 2.45) is 5.92 Å². The molecule has 1 aliphatic rings. The first-order chi connectivity index (χ1) is 10.1. The molecule has 1 heterocycles. The molecule has 0 bridgehead atoms. The second-order valence-electron chi connectivity index (χ2n) is 6.46. The Morgan fingerprint density at radius 3 is 2.50 bits per heavy atom. The van der Waals surface area contributed by atoms with Crippen LogP contribution in [0.25, 0.3) is 0 Å². The van der Waals surface area contributed by atoms with Gasteiger partial charge in [0.1, 0.15) is 0 Å². The van der Waals surface area contributed by atoms with Crippen LogP contribution in [0.5, 0.6) is 0 Å². The molecule has 1 aromatic rings. The van der Waals surface area contributed by atoms with Crippen molar-refractivity contribution in [2.75, 3.05) is 10.6 Å². The number of rotatable bonds is 4. The zero-order chi connectivity index (χ0) is 16.7. The minimum absolute atomic E-state index is 0.0900. The van der Waals surface area contributed by atoms with Gasteiger partial charge in [0.15, 0.2) is 0 Å². The van der Waals surface area contributed by atoms with E-state index in [1.54, 1.807) is 18.2 Å². The van der Waals surface area contributed by atoms with Crippen LogP contribution in [0.2, 0.25) is 0 Å². The summed E-state index contributed by atoms with van der Waals surface area (Å²) in [7, 11) is -3.30. The Morgan fingerprint density at radius 2 is 1.95 bits per heavy atom. The lowest BCUT2D eigenvalue weighted by molar-refractivity contribution is 0.0930. The maximum absolute atomic E-state index is 12.3. The van der Waals surface area contributed by atoms with Gasteiger partial charge in [-0.3, -0.25) is 9.10 Å². The minimum atomic E-state index is -3.30. The van der Waals surface area contributed by atoms with Crippen molar-refractivity contribution < 1.29 is 13.2 Å². The largest absolute Gasteiger partial charge is 0.349 e. The third-order valence-electron chi connectivity index (χ3n) is 4.21. The van der Waals surface area contributed by atoms with Crippen molar-refractivity contribution in [3.05, 3.63) is 29.3 Å². The molecule has 22 heavy (non-hydrogen) atoms. The van der Waals surface area contributed by atoms with E-state index in [1.165, 1.54) is 10.6 Å². The van der Waals surface area contributed by atoms with Crippen LogP contribution in [0.1, 0.15) is 43.6 Å². The van der Waals surface area contributed by atoms with Gasteiger partial charge < -0.3 is 5.32 Å². The van der Waals surface area contributed by atoms with Crippen LogP contribution in [0.15, 0.2) is 18.2 Å². The molecule has 1 aromatic carbocycles. The number of anilines is 1. The quantitative estimate of drug-likeness (QED) is 0.923. The lowest BCUT2D eigenvalue weighted by Crippen LogP contribution is -2.36. The molecule has 0 unspecified atom stereocenters. The van der Waals surface area contributed by atoms with Crippen molar-refractivity contribution in [1.82, 2.24) is 5.32 Å². The van der Waals surface area contributed by atoms with Crippen molar-refractivity contribution in [2.45, 2.75) is 46.2 Å². The molecule has 0 radical (unpaired) electrons. The summed E-state index contributed by atoms with van der Waals surface area (Å²) in [5, 5.41) is 2.97. The van der Waals surface area contributed by atoms with Crippen LogP contribution >= 0.6 is 0 Å². The molecule has 6 heteroatoms. The summed E-state index contributed by atoms with van der Waals surface area (Å²) in [6, 6.07) is 5.20. The molecule has 0 saturated heterocycles. The van der Waals surface area contributed by atoms with Crippen molar-refractivity contribution >= 4 is 21.6 Å². The van der Waals surface area contributed by atoms with Crippen molar-refractivity contribution in [1.29, 1.82) is 0 Å². The highest BCUT2D eigenvalue weighted by Gasteiger charge is 2.32. The SMILES string of the molecule is CC(C)[C@@H](C)NC(=O)c1ccc2c(c1)C[C@H](C)N2S(C)(=O)=O. The number of amides is 1. The molecule has 1 amide bonds. The standard InChI is InChI=1S/C16H24N2O3S/c1-10(2)12(4)17-16(19)13-6-7-15-14(9-13)8-11(3)18(15)22(5,20)21/h6-7,9-12H,8H2,1-5H3,(H,17,19)/t11-,12+/m0/s1. The first-order valence-electron chi connectivity index (χ1n) is 7.54. The third-order valence-corrected chi connectivity index (χ3v) is 5.48. The fourth-order valence-corrected chi connectivity index (χ4v) is 3.97. The smallest absolute Gasteiger partial charge is 0.251 e.